The molecule has 0 radical (unpaired) electrons. The van der Waals surface area contributed by atoms with Gasteiger partial charge in [-0.25, -0.2) is 0 Å². The van der Waals surface area contributed by atoms with Gasteiger partial charge in [-0.15, -0.1) is 0 Å². The van der Waals surface area contributed by atoms with Gasteiger partial charge < -0.3 is 14.2 Å². The molecule has 0 aromatic carbocycles. The summed E-state index contributed by atoms with van der Waals surface area (Å²) >= 11 is 0. The van der Waals surface area contributed by atoms with E-state index in [2.05, 4.69) is 81.5 Å². The van der Waals surface area contributed by atoms with E-state index in [0.29, 0.717) is 19.3 Å². The maximum Gasteiger partial charge on any atom is 0.306 e. The van der Waals surface area contributed by atoms with Gasteiger partial charge in [0.2, 0.25) is 0 Å². The molecule has 0 aliphatic carbocycles. The molecular weight excluding hydrogens is 745 g/mol. The van der Waals surface area contributed by atoms with Gasteiger partial charge in [0, 0.05) is 19.3 Å². The fraction of sp³-hybridized carbons (Fsp3) is 0.759. The number of hydrogen-bond acceptors (Lipinski definition) is 6. The minimum absolute atomic E-state index is 0.0735. The average Bonchev–Trinajstić information content (AvgIpc) is 3.24. The number of rotatable bonds is 45. The van der Waals surface area contributed by atoms with Gasteiger partial charge in [-0.1, -0.05) is 223 Å². The van der Waals surface area contributed by atoms with E-state index >= 15 is 0 Å². The highest BCUT2D eigenvalue weighted by Gasteiger charge is 2.19. The molecule has 0 aliphatic heterocycles. The van der Waals surface area contributed by atoms with Crippen LogP contribution in [0.1, 0.15) is 245 Å². The summed E-state index contributed by atoms with van der Waals surface area (Å²) in [6, 6.07) is 0. The average molecular weight is 839 g/mol. The third kappa shape index (κ3) is 46.2. The van der Waals surface area contributed by atoms with Crippen LogP contribution in [-0.4, -0.2) is 37.2 Å². The van der Waals surface area contributed by atoms with E-state index in [4.69, 9.17) is 14.2 Å². The normalized spacial score (nSPS) is 12.5. The molecule has 0 saturated carbocycles. The first-order valence-electron chi connectivity index (χ1n) is 25.3. The second-order valence-corrected chi connectivity index (χ2v) is 16.7. The Bertz CT molecular complexity index is 1100. The van der Waals surface area contributed by atoms with Gasteiger partial charge in [-0.2, -0.15) is 0 Å². The van der Waals surface area contributed by atoms with Gasteiger partial charge in [-0.3, -0.25) is 14.4 Å². The number of unbranched alkanes of at least 4 members (excludes halogenated alkanes) is 24. The van der Waals surface area contributed by atoms with E-state index in [1.54, 1.807) is 0 Å². The van der Waals surface area contributed by atoms with Crippen LogP contribution in [0.2, 0.25) is 0 Å². The van der Waals surface area contributed by atoms with Crippen molar-refractivity contribution < 1.29 is 28.6 Å². The minimum atomic E-state index is -0.766. The van der Waals surface area contributed by atoms with Gasteiger partial charge in [-0.05, 0) is 64.2 Å². The zero-order valence-corrected chi connectivity index (χ0v) is 39.5. The lowest BCUT2D eigenvalue weighted by molar-refractivity contribution is -0.167. The first-order valence-corrected chi connectivity index (χ1v) is 25.3. The molecule has 0 heterocycles. The van der Waals surface area contributed by atoms with Crippen LogP contribution >= 0.6 is 0 Å². The predicted molar refractivity (Wildman–Crippen MR) is 256 cm³/mol. The maximum atomic E-state index is 12.6. The lowest BCUT2D eigenvalue weighted by Gasteiger charge is -2.18. The van der Waals surface area contributed by atoms with Crippen molar-refractivity contribution in [1.29, 1.82) is 0 Å². The lowest BCUT2D eigenvalue weighted by atomic mass is 10.0. The highest BCUT2D eigenvalue weighted by atomic mass is 16.6. The van der Waals surface area contributed by atoms with Crippen LogP contribution in [0.3, 0.4) is 0 Å². The van der Waals surface area contributed by atoms with E-state index < -0.39 is 6.10 Å². The SMILES string of the molecule is CC/C=C\C/C=C\C/C=C\C/C=C\C/C=C\CCCCCCCCCCCCCC(=O)OCC(COC(=O)CCCCCCC)OC(=O)CCCCCCCCCCCC. The summed E-state index contributed by atoms with van der Waals surface area (Å²) in [4.78, 5) is 37.5. The summed E-state index contributed by atoms with van der Waals surface area (Å²) in [7, 11) is 0. The molecule has 60 heavy (non-hydrogen) atoms. The molecule has 346 valence electrons. The van der Waals surface area contributed by atoms with Crippen LogP contribution in [0.25, 0.3) is 0 Å². The molecule has 0 fully saturated rings. The Kier molecular flexibility index (Phi) is 46.4. The first-order chi connectivity index (χ1) is 29.5. The molecule has 0 aromatic rings. The largest absolute Gasteiger partial charge is 0.462 e. The molecule has 1 atom stereocenters. The highest BCUT2D eigenvalue weighted by Crippen LogP contribution is 2.15. The Balaban J connectivity index is 4.02. The minimum Gasteiger partial charge on any atom is -0.462 e. The third-order valence-electron chi connectivity index (χ3n) is 10.8. The topological polar surface area (TPSA) is 78.9 Å². The molecule has 0 bridgehead atoms. The zero-order chi connectivity index (χ0) is 43.7. The fourth-order valence-electron chi connectivity index (χ4n) is 7.00. The van der Waals surface area contributed by atoms with Gasteiger partial charge in [0.15, 0.2) is 6.10 Å². The number of carbonyl (C=O) groups is 3. The van der Waals surface area contributed by atoms with E-state index in [9.17, 15) is 14.4 Å². The first kappa shape index (κ1) is 57.1. The summed E-state index contributed by atoms with van der Waals surface area (Å²) in [5.41, 5.74) is 0. The summed E-state index contributed by atoms with van der Waals surface area (Å²) in [6.07, 6.45) is 59.7. The Morgan fingerprint density at radius 3 is 1.02 bits per heavy atom. The third-order valence-corrected chi connectivity index (χ3v) is 10.8. The van der Waals surface area contributed by atoms with E-state index in [1.165, 1.54) is 109 Å². The molecule has 0 amide bonds. The van der Waals surface area contributed by atoms with Gasteiger partial charge in [0.05, 0.1) is 0 Å². The molecular formula is C54H94O6. The molecule has 0 aromatic heterocycles. The Hall–Kier alpha value is -2.89. The van der Waals surface area contributed by atoms with Crippen LogP contribution in [-0.2, 0) is 28.6 Å². The van der Waals surface area contributed by atoms with Crippen molar-refractivity contribution in [2.45, 2.75) is 252 Å². The molecule has 0 spiro atoms. The summed E-state index contributed by atoms with van der Waals surface area (Å²) < 4.78 is 16.6. The van der Waals surface area contributed by atoms with Crippen LogP contribution in [0.5, 0.6) is 0 Å². The van der Waals surface area contributed by atoms with Crippen LogP contribution < -0.4 is 0 Å². The van der Waals surface area contributed by atoms with Crippen molar-refractivity contribution >= 4 is 17.9 Å². The molecule has 0 saturated heterocycles. The highest BCUT2D eigenvalue weighted by molar-refractivity contribution is 5.71. The van der Waals surface area contributed by atoms with E-state index in [0.717, 1.165) is 96.3 Å². The smallest absolute Gasteiger partial charge is 0.306 e. The standard InChI is InChI=1S/C54H94O6/c1-4-7-10-13-15-17-19-20-21-22-23-24-25-26-27-28-29-30-31-32-33-34-35-37-38-41-44-47-53(56)59-50-51(49-58-52(55)46-43-40-12-9-6-3)60-54(57)48-45-42-39-36-18-16-14-11-8-5-2/h7,10,15,17,20-21,23-24,26-27,51H,4-6,8-9,11-14,16,18-19,22,25,28-50H2,1-3H3/b10-7-,17-15-,21-20-,24-23-,27-26-. The van der Waals surface area contributed by atoms with Crippen molar-refractivity contribution in [2.24, 2.45) is 0 Å². The molecule has 0 rings (SSSR count). The molecule has 1 unspecified atom stereocenters. The maximum absolute atomic E-state index is 12.6. The van der Waals surface area contributed by atoms with Crippen LogP contribution in [0.15, 0.2) is 60.8 Å². The van der Waals surface area contributed by atoms with Crippen molar-refractivity contribution in [3.63, 3.8) is 0 Å². The Labute approximate surface area is 370 Å². The Morgan fingerprint density at radius 2 is 0.650 bits per heavy atom. The Morgan fingerprint density at radius 1 is 0.350 bits per heavy atom. The monoisotopic (exact) mass is 839 g/mol. The second kappa shape index (κ2) is 48.8. The predicted octanol–water partition coefficient (Wildman–Crippen LogP) is 16.5. The van der Waals surface area contributed by atoms with Gasteiger partial charge in [0.1, 0.15) is 13.2 Å². The van der Waals surface area contributed by atoms with Crippen LogP contribution in [0, 0.1) is 0 Å². The summed E-state index contributed by atoms with van der Waals surface area (Å²) in [6.45, 7) is 6.42. The van der Waals surface area contributed by atoms with E-state index in [-0.39, 0.29) is 31.1 Å². The number of allylic oxidation sites excluding steroid dienone is 10. The van der Waals surface area contributed by atoms with Crippen molar-refractivity contribution in [3.05, 3.63) is 60.8 Å². The number of hydrogen-bond donors (Lipinski definition) is 0. The number of ether oxygens (including phenoxy) is 3. The molecule has 0 N–H and O–H groups in total. The molecule has 6 heteroatoms. The van der Waals surface area contributed by atoms with Crippen molar-refractivity contribution in [1.82, 2.24) is 0 Å². The van der Waals surface area contributed by atoms with Gasteiger partial charge >= 0.3 is 17.9 Å². The lowest BCUT2D eigenvalue weighted by Crippen LogP contribution is -2.30. The van der Waals surface area contributed by atoms with Gasteiger partial charge in [0.25, 0.3) is 0 Å². The van der Waals surface area contributed by atoms with Crippen LogP contribution in [0.4, 0.5) is 0 Å². The van der Waals surface area contributed by atoms with Crippen molar-refractivity contribution in [3.8, 4) is 0 Å². The number of esters is 3. The van der Waals surface area contributed by atoms with Crippen molar-refractivity contribution in [2.75, 3.05) is 13.2 Å². The second-order valence-electron chi connectivity index (χ2n) is 16.7. The fourth-order valence-corrected chi connectivity index (χ4v) is 7.00. The summed E-state index contributed by atoms with van der Waals surface area (Å²) in [5.74, 6) is -0.889. The molecule has 0 aliphatic rings. The van der Waals surface area contributed by atoms with E-state index in [1.807, 2.05) is 0 Å². The summed E-state index contributed by atoms with van der Waals surface area (Å²) in [5, 5.41) is 0. The quantitative estimate of drug-likeness (QED) is 0.0263. The molecule has 6 nitrogen and oxygen atoms in total. The zero-order valence-electron chi connectivity index (χ0n) is 39.5. The number of carbonyl (C=O) groups excluding carboxylic acids is 3.